The molecule has 1 saturated carbocycles. The van der Waals surface area contributed by atoms with Crippen LogP contribution in [0.15, 0.2) is 42.5 Å². The van der Waals surface area contributed by atoms with Crippen molar-refractivity contribution >= 4 is 22.7 Å². The van der Waals surface area contributed by atoms with Gasteiger partial charge in [-0.05, 0) is 43.5 Å². The normalized spacial score (nSPS) is 25.3. The molecule has 31 heavy (non-hydrogen) atoms. The van der Waals surface area contributed by atoms with Crippen molar-refractivity contribution < 1.29 is 18.3 Å². The number of amides is 1. The van der Waals surface area contributed by atoms with E-state index in [0.717, 1.165) is 49.2 Å². The SMILES string of the molecule is N=C(SC1(NC(=O)[C@@H]2CCCC(N)C2)CCOc2ccccc21)c1cc(F)ccc1F. The second-order valence-corrected chi connectivity index (χ2v) is 9.40. The predicted octanol–water partition coefficient (Wildman–Crippen LogP) is 4.29. The van der Waals surface area contributed by atoms with Crippen molar-refractivity contribution in [3.63, 3.8) is 0 Å². The minimum absolute atomic E-state index is 0.00485. The Labute approximate surface area is 184 Å². The van der Waals surface area contributed by atoms with Gasteiger partial charge in [0, 0.05) is 29.5 Å². The number of hydrogen-bond donors (Lipinski definition) is 3. The lowest BCUT2D eigenvalue weighted by molar-refractivity contribution is -0.127. The Hall–Kier alpha value is -2.45. The van der Waals surface area contributed by atoms with Crippen LogP contribution in [-0.4, -0.2) is 23.6 Å². The smallest absolute Gasteiger partial charge is 0.224 e. The Morgan fingerprint density at radius 2 is 2.03 bits per heavy atom. The molecule has 0 bridgehead atoms. The minimum atomic E-state index is -1.02. The van der Waals surface area contributed by atoms with Gasteiger partial charge in [0.1, 0.15) is 22.3 Å². The Kier molecular flexibility index (Phi) is 6.29. The molecule has 4 N–H and O–H groups in total. The van der Waals surface area contributed by atoms with E-state index in [1.165, 1.54) is 0 Å². The number of halogens is 2. The Bertz CT molecular complexity index is 1000. The molecular weight excluding hydrogens is 420 g/mol. The zero-order valence-electron chi connectivity index (χ0n) is 17.0. The molecule has 0 saturated heterocycles. The van der Waals surface area contributed by atoms with Gasteiger partial charge in [-0.15, -0.1) is 0 Å². The molecule has 0 radical (unpaired) electrons. The highest BCUT2D eigenvalue weighted by molar-refractivity contribution is 8.15. The molecule has 164 valence electrons. The van der Waals surface area contributed by atoms with E-state index in [2.05, 4.69) is 5.32 Å². The highest BCUT2D eigenvalue weighted by atomic mass is 32.2. The van der Waals surface area contributed by atoms with Crippen molar-refractivity contribution in [1.29, 1.82) is 5.41 Å². The first-order valence-corrected chi connectivity index (χ1v) is 11.2. The number of thioether (sulfide) groups is 1. The lowest BCUT2D eigenvalue weighted by Gasteiger charge is -2.40. The maximum Gasteiger partial charge on any atom is 0.224 e. The Morgan fingerprint density at radius 3 is 2.84 bits per heavy atom. The molecule has 8 heteroatoms. The third-order valence-electron chi connectivity index (χ3n) is 5.89. The molecule has 2 aliphatic rings. The van der Waals surface area contributed by atoms with Gasteiger partial charge in [-0.25, -0.2) is 8.78 Å². The van der Waals surface area contributed by atoms with Gasteiger partial charge in [0.25, 0.3) is 0 Å². The van der Waals surface area contributed by atoms with E-state index >= 15 is 0 Å². The molecule has 1 aliphatic heterocycles. The van der Waals surface area contributed by atoms with Gasteiger partial charge in [0.15, 0.2) is 0 Å². The van der Waals surface area contributed by atoms with Crippen LogP contribution in [0, 0.1) is 23.0 Å². The lowest BCUT2D eigenvalue weighted by atomic mass is 9.85. The second kappa shape index (κ2) is 8.96. The summed E-state index contributed by atoms with van der Waals surface area (Å²) < 4.78 is 33.8. The summed E-state index contributed by atoms with van der Waals surface area (Å²) >= 11 is 1.01. The molecular formula is C23H25F2N3O2S. The molecule has 1 amide bonds. The average Bonchev–Trinajstić information content (AvgIpc) is 2.75. The van der Waals surface area contributed by atoms with Crippen molar-refractivity contribution in [1.82, 2.24) is 5.32 Å². The zero-order valence-corrected chi connectivity index (χ0v) is 17.8. The van der Waals surface area contributed by atoms with Crippen molar-refractivity contribution in [2.45, 2.75) is 43.0 Å². The standard InChI is InChI=1S/C23H25F2N3O2S/c24-15-8-9-19(25)17(13-15)21(27)31-23(10-11-30-20-7-2-1-6-18(20)23)28-22(29)14-4-3-5-16(26)12-14/h1-2,6-9,13-14,16,27H,3-5,10-12,26H2,(H,28,29)/t14-,16?,23?/m1/s1. The van der Waals surface area contributed by atoms with Crippen molar-refractivity contribution in [3.05, 3.63) is 65.2 Å². The molecule has 0 spiro atoms. The molecule has 1 aliphatic carbocycles. The zero-order chi connectivity index (χ0) is 22.0. The summed E-state index contributed by atoms with van der Waals surface area (Å²) in [5.41, 5.74) is 6.65. The summed E-state index contributed by atoms with van der Waals surface area (Å²) in [4.78, 5) is 12.2. The number of nitrogens with one attached hydrogen (secondary N) is 2. The van der Waals surface area contributed by atoms with Crippen LogP contribution in [0.1, 0.15) is 43.2 Å². The highest BCUT2D eigenvalue weighted by Crippen LogP contribution is 2.46. The van der Waals surface area contributed by atoms with Crippen LogP contribution in [0.5, 0.6) is 5.75 Å². The first-order chi connectivity index (χ1) is 14.9. The van der Waals surface area contributed by atoms with E-state index in [-0.39, 0.29) is 28.5 Å². The van der Waals surface area contributed by atoms with Crippen molar-refractivity contribution in [2.24, 2.45) is 11.7 Å². The minimum Gasteiger partial charge on any atom is -0.493 e. The fourth-order valence-corrected chi connectivity index (χ4v) is 5.52. The predicted molar refractivity (Wildman–Crippen MR) is 117 cm³/mol. The maximum atomic E-state index is 14.3. The van der Waals surface area contributed by atoms with E-state index in [1.807, 2.05) is 18.2 Å². The number of carbonyl (C=O) groups is 1. The van der Waals surface area contributed by atoms with Crippen LogP contribution in [-0.2, 0) is 9.67 Å². The largest absolute Gasteiger partial charge is 0.493 e. The van der Waals surface area contributed by atoms with Gasteiger partial charge in [0.05, 0.1) is 11.7 Å². The number of carbonyl (C=O) groups excluding carboxylic acids is 1. The molecule has 2 aromatic carbocycles. The van der Waals surface area contributed by atoms with Gasteiger partial charge in [0.2, 0.25) is 5.91 Å². The van der Waals surface area contributed by atoms with E-state index in [1.54, 1.807) is 6.07 Å². The van der Waals surface area contributed by atoms with Crippen molar-refractivity contribution in [2.75, 3.05) is 6.61 Å². The van der Waals surface area contributed by atoms with Crippen molar-refractivity contribution in [3.8, 4) is 5.75 Å². The number of para-hydroxylation sites is 1. The fourth-order valence-electron chi connectivity index (χ4n) is 4.29. The summed E-state index contributed by atoms with van der Waals surface area (Å²) in [6.45, 7) is 0.327. The summed E-state index contributed by atoms with van der Waals surface area (Å²) in [5.74, 6) is -1.04. The highest BCUT2D eigenvalue weighted by Gasteiger charge is 2.43. The summed E-state index contributed by atoms with van der Waals surface area (Å²) in [6.07, 6.45) is 3.56. The molecule has 5 nitrogen and oxygen atoms in total. The third kappa shape index (κ3) is 4.60. The first kappa shape index (κ1) is 21.8. The topological polar surface area (TPSA) is 88.2 Å². The quantitative estimate of drug-likeness (QED) is 0.372. The summed E-state index contributed by atoms with van der Waals surface area (Å²) in [7, 11) is 0. The van der Waals surface area contributed by atoms with Crippen LogP contribution in [0.2, 0.25) is 0 Å². The van der Waals surface area contributed by atoms with E-state index in [4.69, 9.17) is 15.9 Å². The second-order valence-electron chi connectivity index (χ2n) is 8.09. The van der Waals surface area contributed by atoms with Crippen LogP contribution in [0.3, 0.4) is 0 Å². The fraction of sp³-hybridized carbons (Fsp3) is 0.391. The Balaban J connectivity index is 1.68. The molecule has 2 aromatic rings. The number of rotatable bonds is 4. The Morgan fingerprint density at radius 1 is 1.23 bits per heavy atom. The summed E-state index contributed by atoms with van der Waals surface area (Å²) in [6, 6.07) is 10.3. The summed E-state index contributed by atoms with van der Waals surface area (Å²) in [5, 5.41) is 11.5. The van der Waals surface area contributed by atoms with E-state index < -0.39 is 16.5 Å². The molecule has 1 fully saturated rings. The van der Waals surface area contributed by atoms with Crippen LogP contribution >= 0.6 is 11.8 Å². The van der Waals surface area contributed by atoms with Gasteiger partial charge < -0.3 is 15.8 Å². The third-order valence-corrected chi connectivity index (χ3v) is 7.19. The number of ether oxygens (including phenoxy) is 1. The number of hydrogen-bond acceptors (Lipinski definition) is 5. The van der Waals surface area contributed by atoms with E-state index in [0.29, 0.717) is 30.8 Å². The molecule has 3 atom stereocenters. The molecule has 0 aromatic heterocycles. The van der Waals surface area contributed by atoms with Gasteiger partial charge in [-0.1, -0.05) is 36.4 Å². The van der Waals surface area contributed by atoms with Gasteiger partial charge in [-0.2, -0.15) is 0 Å². The maximum absolute atomic E-state index is 14.3. The van der Waals surface area contributed by atoms with Crippen LogP contribution < -0.4 is 15.8 Å². The average molecular weight is 446 g/mol. The van der Waals surface area contributed by atoms with Gasteiger partial charge >= 0.3 is 0 Å². The number of benzene rings is 2. The monoisotopic (exact) mass is 445 g/mol. The number of nitrogens with two attached hydrogens (primary N) is 1. The molecule has 1 heterocycles. The van der Waals surface area contributed by atoms with Crippen LogP contribution in [0.4, 0.5) is 8.78 Å². The molecule has 4 rings (SSSR count). The van der Waals surface area contributed by atoms with E-state index in [9.17, 15) is 13.6 Å². The number of fused-ring (bicyclic) bond motifs is 1. The van der Waals surface area contributed by atoms with Crippen LogP contribution in [0.25, 0.3) is 0 Å². The van der Waals surface area contributed by atoms with Gasteiger partial charge in [-0.3, -0.25) is 10.2 Å². The molecule has 2 unspecified atom stereocenters. The first-order valence-electron chi connectivity index (χ1n) is 10.4. The lowest BCUT2D eigenvalue weighted by Crippen LogP contribution is -2.50.